The first kappa shape index (κ1) is 12.1. The lowest BCUT2D eigenvalue weighted by molar-refractivity contribution is -0.139. The zero-order valence-corrected chi connectivity index (χ0v) is 11.1. The minimum atomic E-state index is -0.724. The SMILES string of the molecule is COc1cccc2c(C(C(=O)O)C3CC3)cn(C)c12. The first-order chi connectivity index (χ1) is 9.13. The Bertz CT molecular complexity index is 640. The standard InChI is InChI=1S/C15H17NO3/c1-16-8-11(13(15(17)18)9-6-7-9)10-4-3-5-12(19-2)14(10)16/h3-5,8-9,13H,6-7H2,1-2H3,(H,17,18). The molecule has 0 spiro atoms. The van der Waals surface area contributed by atoms with Crippen LogP contribution in [0.1, 0.15) is 24.3 Å². The second kappa shape index (κ2) is 4.30. The average molecular weight is 259 g/mol. The van der Waals surface area contributed by atoms with Crippen LogP contribution in [0.5, 0.6) is 5.75 Å². The Morgan fingerprint density at radius 2 is 2.21 bits per heavy atom. The summed E-state index contributed by atoms with van der Waals surface area (Å²) in [6, 6.07) is 5.79. The molecule has 3 rings (SSSR count). The minimum Gasteiger partial charge on any atom is -0.495 e. The Hall–Kier alpha value is -1.97. The fourth-order valence-corrected chi connectivity index (χ4v) is 2.89. The number of fused-ring (bicyclic) bond motifs is 1. The van der Waals surface area contributed by atoms with Crippen molar-refractivity contribution in [1.82, 2.24) is 4.57 Å². The molecule has 1 unspecified atom stereocenters. The van der Waals surface area contributed by atoms with Gasteiger partial charge >= 0.3 is 5.97 Å². The van der Waals surface area contributed by atoms with Crippen LogP contribution in [0.15, 0.2) is 24.4 Å². The monoisotopic (exact) mass is 259 g/mol. The number of methoxy groups -OCH3 is 1. The molecule has 1 saturated carbocycles. The molecule has 1 aromatic heterocycles. The van der Waals surface area contributed by atoms with Gasteiger partial charge in [0.15, 0.2) is 0 Å². The first-order valence-corrected chi connectivity index (χ1v) is 6.48. The van der Waals surface area contributed by atoms with Crippen LogP contribution in [0.3, 0.4) is 0 Å². The molecular weight excluding hydrogens is 242 g/mol. The van der Waals surface area contributed by atoms with Crippen LogP contribution < -0.4 is 4.74 Å². The first-order valence-electron chi connectivity index (χ1n) is 6.48. The number of aryl methyl sites for hydroxylation is 1. The Balaban J connectivity index is 2.21. The smallest absolute Gasteiger partial charge is 0.311 e. The number of hydrogen-bond donors (Lipinski definition) is 1. The summed E-state index contributed by atoms with van der Waals surface area (Å²) in [4.78, 5) is 11.5. The molecule has 1 fully saturated rings. The molecule has 1 aromatic carbocycles. The summed E-state index contributed by atoms with van der Waals surface area (Å²) >= 11 is 0. The van der Waals surface area contributed by atoms with E-state index < -0.39 is 11.9 Å². The fraction of sp³-hybridized carbons (Fsp3) is 0.400. The summed E-state index contributed by atoms with van der Waals surface area (Å²) in [5.41, 5.74) is 1.87. The molecule has 0 aliphatic heterocycles. The second-order valence-electron chi connectivity index (χ2n) is 5.21. The van der Waals surface area contributed by atoms with Crippen molar-refractivity contribution in [2.24, 2.45) is 13.0 Å². The van der Waals surface area contributed by atoms with Gasteiger partial charge in [0.2, 0.25) is 0 Å². The number of aliphatic carboxylic acids is 1. The molecule has 1 atom stereocenters. The van der Waals surface area contributed by atoms with Gasteiger partial charge < -0.3 is 14.4 Å². The molecule has 1 N–H and O–H groups in total. The number of para-hydroxylation sites is 1. The number of rotatable bonds is 4. The number of nitrogens with zero attached hydrogens (tertiary/aromatic N) is 1. The maximum atomic E-state index is 11.5. The molecule has 0 amide bonds. The topological polar surface area (TPSA) is 51.5 Å². The fourth-order valence-electron chi connectivity index (χ4n) is 2.89. The van der Waals surface area contributed by atoms with Crippen LogP contribution in [-0.4, -0.2) is 22.8 Å². The van der Waals surface area contributed by atoms with Crippen molar-refractivity contribution < 1.29 is 14.6 Å². The van der Waals surface area contributed by atoms with Crippen LogP contribution in [0.4, 0.5) is 0 Å². The molecule has 100 valence electrons. The average Bonchev–Trinajstić information content (AvgIpc) is 3.15. The van der Waals surface area contributed by atoms with Gasteiger partial charge in [-0.2, -0.15) is 0 Å². The highest BCUT2D eigenvalue weighted by Gasteiger charge is 2.39. The van der Waals surface area contributed by atoms with Gasteiger partial charge in [0.1, 0.15) is 5.75 Å². The van der Waals surface area contributed by atoms with Crippen molar-refractivity contribution in [2.45, 2.75) is 18.8 Å². The molecule has 4 heteroatoms. The van der Waals surface area contributed by atoms with Crippen LogP contribution in [0.2, 0.25) is 0 Å². The Morgan fingerprint density at radius 3 is 2.79 bits per heavy atom. The van der Waals surface area contributed by atoms with E-state index in [-0.39, 0.29) is 5.92 Å². The lowest BCUT2D eigenvalue weighted by atomic mass is 9.94. The maximum absolute atomic E-state index is 11.5. The number of carbonyl (C=O) groups is 1. The van der Waals surface area contributed by atoms with Gasteiger partial charge in [0.05, 0.1) is 18.5 Å². The molecule has 0 radical (unpaired) electrons. The highest BCUT2D eigenvalue weighted by molar-refractivity contribution is 5.93. The van der Waals surface area contributed by atoms with Gasteiger partial charge in [0, 0.05) is 18.6 Å². The third-order valence-corrected chi connectivity index (χ3v) is 3.91. The number of aromatic nitrogens is 1. The number of benzene rings is 1. The van der Waals surface area contributed by atoms with E-state index in [9.17, 15) is 9.90 Å². The van der Waals surface area contributed by atoms with Crippen molar-refractivity contribution in [1.29, 1.82) is 0 Å². The summed E-state index contributed by atoms with van der Waals surface area (Å²) in [5.74, 6) is -0.0471. The van der Waals surface area contributed by atoms with Crippen LogP contribution in [0.25, 0.3) is 10.9 Å². The molecule has 4 nitrogen and oxygen atoms in total. The van der Waals surface area contributed by atoms with Crippen molar-refractivity contribution in [3.8, 4) is 5.75 Å². The zero-order valence-electron chi connectivity index (χ0n) is 11.1. The molecule has 1 aliphatic rings. The molecular formula is C15H17NO3. The summed E-state index contributed by atoms with van der Waals surface area (Å²) < 4.78 is 7.33. The summed E-state index contributed by atoms with van der Waals surface area (Å²) in [6.07, 6.45) is 3.96. The van der Waals surface area contributed by atoms with Crippen molar-refractivity contribution in [2.75, 3.05) is 7.11 Å². The van der Waals surface area contributed by atoms with E-state index in [0.717, 1.165) is 35.1 Å². The van der Waals surface area contributed by atoms with E-state index in [1.54, 1.807) is 7.11 Å². The second-order valence-corrected chi connectivity index (χ2v) is 5.21. The van der Waals surface area contributed by atoms with Crippen molar-refractivity contribution in [3.05, 3.63) is 30.0 Å². The van der Waals surface area contributed by atoms with E-state index in [1.807, 2.05) is 36.0 Å². The van der Waals surface area contributed by atoms with Crippen LogP contribution in [-0.2, 0) is 11.8 Å². The molecule has 1 aliphatic carbocycles. The number of hydrogen-bond acceptors (Lipinski definition) is 2. The Labute approximate surface area is 111 Å². The summed E-state index contributed by atoms with van der Waals surface area (Å²) in [5, 5.41) is 10.5. The minimum absolute atomic E-state index is 0.286. The van der Waals surface area contributed by atoms with Gasteiger partial charge in [-0.05, 0) is 30.4 Å². The third-order valence-electron chi connectivity index (χ3n) is 3.91. The van der Waals surface area contributed by atoms with Gasteiger partial charge in [-0.1, -0.05) is 12.1 Å². The third kappa shape index (κ3) is 1.87. The summed E-state index contributed by atoms with van der Waals surface area (Å²) in [6.45, 7) is 0. The number of ether oxygens (including phenoxy) is 1. The van der Waals surface area contributed by atoms with E-state index in [0.29, 0.717) is 0 Å². The van der Waals surface area contributed by atoms with Gasteiger partial charge in [-0.25, -0.2) is 0 Å². The predicted octanol–water partition coefficient (Wildman–Crippen LogP) is 2.77. The number of carboxylic acid groups (broad SMARTS) is 1. The maximum Gasteiger partial charge on any atom is 0.311 e. The summed E-state index contributed by atoms with van der Waals surface area (Å²) in [7, 11) is 3.57. The predicted molar refractivity (Wildman–Crippen MR) is 72.6 cm³/mol. The van der Waals surface area contributed by atoms with Crippen molar-refractivity contribution >= 4 is 16.9 Å². The van der Waals surface area contributed by atoms with Gasteiger partial charge in [0.25, 0.3) is 0 Å². The van der Waals surface area contributed by atoms with E-state index in [4.69, 9.17) is 4.74 Å². The van der Waals surface area contributed by atoms with Gasteiger partial charge in [-0.3, -0.25) is 4.79 Å². The molecule has 19 heavy (non-hydrogen) atoms. The van der Waals surface area contributed by atoms with E-state index in [2.05, 4.69) is 0 Å². The molecule has 0 saturated heterocycles. The van der Waals surface area contributed by atoms with Gasteiger partial charge in [-0.15, -0.1) is 0 Å². The Kier molecular flexibility index (Phi) is 2.73. The van der Waals surface area contributed by atoms with Crippen molar-refractivity contribution in [3.63, 3.8) is 0 Å². The molecule has 2 aromatic rings. The highest BCUT2D eigenvalue weighted by atomic mass is 16.5. The van der Waals surface area contributed by atoms with Crippen LogP contribution in [0, 0.1) is 5.92 Å². The number of carboxylic acids is 1. The van der Waals surface area contributed by atoms with E-state index >= 15 is 0 Å². The molecule has 1 heterocycles. The lowest BCUT2D eigenvalue weighted by Gasteiger charge is -2.10. The van der Waals surface area contributed by atoms with Crippen LogP contribution >= 0.6 is 0 Å². The Morgan fingerprint density at radius 1 is 1.47 bits per heavy atom. The zero-order chi connectivity index (χ0) is 13.6. The normalized spacial score (nSPS) is 16.5. The van der Waals surface area contributed by atoms with E-state index in [1.165, 1.54) is 0 Å². The lowest BCUT2D eigenvalue weighted by Crippen LogP contribution is -2.13. The quantitative estimate of drug-likeness (QED) is 0.918. The largest absolute Gasteiger partial charge is 0.495 e. The highest BCUT2D eigenvalue weighted by Crippen LogP contribution is 2.45. The molecule has 0 bridgehead atoms.